The fourth-order valence-corrected chi connectivity index (χ4v) is 3.41. The lowest BCUT2D eigenvalue weighted by atomic mass is 10.4. The first-order chi connectivity index (χ1) is 9.29. The van der Waals surface area contributed by atoms with Gasteiger partial charge >= 0.3 is 0 Å². The molecule has 0 aliphatic rings. The first-order valence-corrected chi connectivity index (χ1v) is 8.11. The molecule has 0 saturated carbocycles. The summed E-state index contributed by atoms with van der Waals surface area (Å²) in [4.78, 5) is 2.23. The van der Waals surface area contributed by atoms with Gasteiger partial charge in [-0.15, -0.1) is 0 Å². The van der Waals surface area contributed by atoms with Gasteiger partial charge in [-0.1, -0.05) is 0 Å². The largest absolute Gasteiger partial charge is 0.318 e. The minimum atomic E-state index is -3.50. The Kier molecular flexibility index (Phi) is 6.12. The minimum absolute atomic E-state index is 0.298. The summed E-state index contributed by atoms with van der Waals surface area (Å²) in [5.41, 5.74) is 1.21. The Bertz CT molecular complexity index is 536. The smallest absolute Gasteiger partial charge is 0.244 e. The zero-order chi connectivity index (χ0) is 15.3. The van der Waals surface area contributed by atoms with Crippen LogP contribution in [0.5, 0.6) is 0 Å². The summed E-state index contributed by atoms with van der Waals surface area (Å²) in [6.45, 7) is 5.95. The average Bonchev–Trinajstić information content (AvgIpc) is 2.61. The Hall–Kier alpha value is -0.960. The van der Waals surface area contributed by atoms with Gasteiger partial charge in [0.1, 0.15) is 4.90 Å². The van der Waals surface area contributed by atoms with Crippen LogP contribution >= 0.6 is 0 Å². The third kappa shape index (κ3) is 4.27. The lowest BCUT2D eigenvalue weighted by Gasteiger charge is -2.11. The molecule has 7 nitrogen and oxygen atoms in total. The quantitative estimate of drug-likeness (QED) is 0.681. The highest BCUT2D eigenvalue weighted by Gasteiger charge is 2.23. The zero-order valence-electron chi connectivity index (χ0n) is 12.9. The number of nitrogens with one attached hydrogen (secondary N) is 2. The second-order valence-corrected chi connectivity index (χ2v) is 6.73. The van der Waals surface area contributed by atoms with Crippen molar-refractivity contribution in [3.8, 4) is 0 Å². The van der Waals surface area contributed by atoms with E-state index in [0.29, 0.717) is 35.9 Å². The number of aryl methyl sites for hydroxylation is 1. The van der Waals surface area contributed by atoms with E-state index in [2.05, 4.69) is 15.1 Å². The molecule has 0 amide bonds. The van der Waals surface area contributed by atoms with Gasteiger partial charge < -0.3 is 10.2 Å². The normalized spacial score (nSPS) is 12.3. The highest BCUT2D eigenvalue weighted by atomic mass is 32.2. The Balaban J connectivity index is 2.91. The van der Waals surface area contributed by atoms with E-state index in [9.17, 15) is 8.42 Å². The van der Waals surface area contributed by atoms with Gasteiger partial charge in [0.2, 0.25) is 10.0 Å². The highest BCUT2D eigenvalue weighted by Crippen LogP contribution is 2.18. The van der Waals surface area contributed by atoms with Crippen LogP contribution in [0.3, 0.4) is 0 Å². The van der Waals surface area contributed by atoms with Crippen molar-refractivity contribution in [1.29, 1.82) is 0 Å². The van der Waals surface area contributed by atoms with Gasteiger partial charge in [0.15, 0.2) is 0 Å². The number of hydrogen-bond donors (Lipinski definition) is 2. The zero-order valence-corrected chi connectivity index (χ0v) is 13.7. The van der Waals surface area contributed by atoms with Crippen LogP contribution in [-0.4, -0.2) is 63.9 Å². The molecule has 0 aliphatic carbocycles. The number of hydrogen-bond acceptors (Lipinski definition) is 5. The molecule has 1 heterocycles. The third-order valence-corrected chi connectivity index (χ3v) is 4.72. The Labute approximate surface area is 121 Å². The molecular formula is C12H25N5O2S. The molecule has 0 unspecified atom stereocenters. The first kappa shape index (κ1) is 17.1. The molecule has 1 aromatic rings. The summed E-state index contributed by atoms with van der Waals surface area (Å²) in [6, 6.07) is 0. The summed E-state index contributed by atoms with van der Waals surface area (Å²) in [5.74, 6) is 0. The van der Waals surface area contributed by atoms with E-state index in [-0.39, 0.29) is 0 Å². The third-order valence-electron chi connectivity index (χ3n) is 3.01. The predicted molar refractivity (Wildman–Crippen MR) is 79.4 cm³/mol. The fourth-order valence-electron chi connectivity index (χ4n) is 1.98. The van der Waals surface area contributed by atoms with E-state index >= 15 is 0 Å². The van der Waals surface area contributed by atoms with Gasteiger partial charge in [-0.25, -0.2) is 13.1 Å². The van der Waals surface area contributed by atoms with Crippen molar-refractivity contribution in [2.75, 3.05) is 40.8 Å². The summed E-state index contributed by atoms with van der Waals surface area (Å²) < 4.78 is 29.0. The first-order valence-electron chi connectivity index (χ1n) is 6.62. The maximum absolute atomic E-state index is 12.3. The number of rotatable bonds is 8. The van der Waals surface area contributed by atoms with E-state index in [1.165, 1.54) is 0 Å². The maximum atomic E-state index is 12.3. The summed E-state index contributed by atoms with van der Waals surface area (Å²) in [6.07, 6.45) is 0. The number of sulfonamides is 1. The van der Waals surface area contributed by atoms with Crippen molar-refractivity contribution in [3.63, 3.8) is 0 Å². The van der Waals surface area contributed by atoms with Gasteiger partial charge in [0, 0.05) is 19.6 Å². The Morgan fingerprint density at radius 1 is 1.25 bits per heavy atom. The monoisotopic (exact) mass is 303 g/mol. The van der Waals surface area contributed by atoms with Crippen LogP contribution in [0.4, 0.5) is 0 Å². The molecule has 1 aromatic heterocycles. The topological polar surface area (TPSA) is 79.3 Å². The number of likely N-dealkylation sites (N-methyl/N-ethyl adjacent to an activating group) is 2. The predicted octanol–water partition coefficient (Wildman–Crippen LogP) is -0.441. The Morgan fingerprint density at radius 2 is 1.90 bits per heavy atom. The van der Waals surface area contributed by atoms with Crippen molar-refractivity contribution in [2.24, 2.45) is 0 Å². The van der Waals surface area contributed by atoms with Gasteiger partial charge in [0.05, 0.1) is 17.9 Å². The minimum Gasteiger partial charge on any atom is -0.318 e. The van der Waals surface area contributed by atoms with Gasteiger partial charge in [0.25, 0.3) is 0 Å². The summed E-state index contributed by atoms with van der Waals surface area (Å²) in [5, 5.41) is 7.33. The molecule has 0 fully saturated rings. The van der Waals surface area contributed by atoms with Crippen LogP contribution in [0.1, 0.15) is 11.4 Å². The molecule has 20 heavy (non-hydrogen) atoms. The molecule has 0 aliphatic heterocycles. The molecule has 0 bridgehead atoms. The van der Waals surface area contributed by atoms with Gasteiger partial charge in [-0.2, -0.15) is 5.10 Å². The average molecular weight is 303 g/mol. The van der Waals surface area contributed by atoms with Crippen LogP contribution in [0.15, 0.2) is 4.90 Å². The lowest BCUT2D eigenvalue weighted by molar-refractivity contribution is 0.412. The van der Waals surface area contributed by atoms with Crippen molar-refractivity contribution < 1.29 is 8.42 Å². The molecule has 2 N–H and O–H groups in total. The van der Waals surface area contributed by atoms with Crippen molar-refractivity contribution in [3.05, 3.63) is 11.4 Å². The van der Waals surface area contributed by atoms with Gasteiger partial charge in [-0.3, -0.25) is 4.68 Å². The summed E-state index contributed by atoms with van der Waals surface area (Å²) in [7, 11) is 2.16. The Morgan fingerprint density at radius 3 is 2.45 bits per heavy atom. The van der Waals surface area contributed by atoms with Crippen molar-refractivity contribution in [1.82, 2.24) is 24.7 Å². The van der Waals surface area contributed by atoms with E-state index in [0.717, 1.165) is 6.54 Å². The van der Waals surface area contributed by atoms with Gasteiger partial charge in [-0.05, 0) is 35.0 Å². The van der Waals surface area contributed by atoms with E-state index < -0.39 is 10.0 Å². The molecule has 1 rings (SSSR count). The molecule has 0 aromatic carbocycles. The lowest BCUT2D eigenvalue weighted by Crippen LogP contribution is -2.32. The standard InChI is InChI=1S/C12H25N5O2S/c1-10-12(11(2)17(15-10)9-6-13-3)20(18,19)14-7-8-16(4)5/h13-14H,6-9H2,1-5H3. The SMILES string of the molecule is CNCCn1nc(C)c(S(=O)(=O)NCCN(C)C)c1C. The molecular weight excluding hydrogens is 278 g/mol. The fraction of sp³-hybridized carbons (Fsp3) is 0.750. The van der Waals surface area contributed by atoms with Crippen molar-refractivity contribution in [2.45, 2.75) is 25.3 Å². The second kappa shape index (κ2) is 7.16. The highest BCUT2D eigenvalue weighted by molar-refractivity contribution is 7.89. The van der Waals surface area contributed by atoms with Crippen LogP contribution in [0.25, 0.3) is 0 Å². The number of aromatic nitrogens is 2. The molecule has 0 saturated heterocycles. The molecule has 0 atom stereocenters. The summed E-state index contributed by atoms with van der Waals surface area (Å²) >= 11 is 0. The van der Waals surface area contributed by atoms with E-state index in [1.807, 2.05) is 26.0 Å². The molecule has 116 valence electrons. The van der Waals surface area contributed by atoms with E-state index in [4.69, 9.17) is 0 Å². The molecule has 0 radical (unpaired) electrons. The van der Waals surface area contributed by atoms with Crippen LogP contribution < -0.4 is 10.0 Å². The molecule has 8 heteroatoms. The molecule has 0 spiro atoms. The second-order valence-electron chi connectivity index (χ2n) is 5.03. The van der Waals surface area contributed by atoms with Crippen LogP contribution in [-0.2, 0) is 16.6 Å². The van der Waals surface area contributed by atoms with E-state index in [1.54, 1.807) is 18.5 Å². The maximum Gasteiger partial charge on any atom is 0.244 e. The van der Waals surface area contributed by atoms with Crippen LogP contribution in [0.2, 0.25) is 0 Å². The van der Waals surface area contributed by atoms with Crippen molar-refractivity contribution >= 4 is 10.0 Å². The number of nitrogens with zero attached hydrogens (tertiary/aromatic N) is 3. The van der Waals surface area contributed by atoms with Crippen LogP contribution in [0, 0.1) is 13.8 Å².